The Balaban J connectivity index is 2.50. The number of aliphatic carboxylic acids is 1. The highest BCUT2D eigenvalue weighted by molar-refractivity contribution is 5.85. The number of hydrogen-bond acceptors (Lipinski definition) is 2. The van der Waals surface area contributed by atoms with Crippen molar-refractivity contribution < 1.29 is 14.7 Å². The third kappa shape index (κ3) is 2.94. The first-order valence-electron chi connectivity index (χ1n) is 5.59. The van der Waals surface area contributed by atoms with Crippen LogP contribution in [0.3, 0.4) is 0 Å². The summed E-state index contributed by atoms with van der Waals surface area (Å²) in [7, 11) is 0. The van der Waals surface area contributed by atoms with Crippen molar-refractivity contribution in [2.24, 2.45) is 11.8 Å². The lowest BCUT2D eigenvalue weighted by atomic mass is 9.97. The van der Waals surface area contributed by atoms with Gasteiger partial charge in [-0.3, -0.25) is 4.79 Å². The zero-order chi connectivity index (χ0) is 11.4. The Morgan fingerprint density at radius 3 is 2.53 bits per heavy atom. The summed E-state index contributed by atoms with van der Waals surface area (Å²) in [5.74, 6) is -0.638. The Bertz CT molecular complexity index is 252. The van der Waals surface area contributed by atoms with Crippen LogP contribution in [-0.2, 0) is 9.59 Å². The second-order valence-electron chi connectivity index (χ2n) is 4.32. The molecule has 15 heavy (non-hydrogen) atoms. The summed E-state index contributed by atoms with van der Waals surface area (Å²) >= 11 is 0. The van der Waals surface area contributed by atoms with Crippen LogP contribution in [0, 0.1) is 11.8 Å². The van der Waals surface area contributed by atoms with Gasteiger partial charge < -0.3 is 10.4 Å². The maximum atomic E-state index is 11.8. The van der Waals surface area contributed by atoms with Gasteiger partial charge in [-0.1, -0.05) is 20.3 Å². The Hall–Kier alpha value is -1.06. The predicted octanol–water partition coefficient (Wildman–Crippen LogP) is 1.40. The van der Waals surface area contributed by atoms with E-state index in [9.17, 15) is 9.59 Å². The van der Waals surface area contributed by atoms with E-state index in [2.05, 4.69) is 12.2 Å². The maximum Gasteiger partial charge on any atom is 0.326 e. The molecule has 1 aliphatic rings. The fourth-order valence-corrected chi connectivity index (χ4v) is 2.15. The van der Waals surface area contributed by atoms with Crippen molar-refractivity contribution in [3.05, 3.63) is 0 Å². The topological polar surface area (TPSA) is 66.4 Å². The standard InChI is InChI=1S/C11H19NO3/c1-3-9(11(14)15)12-10(13)8-6-4-5-7(8)2/h7-9H,3-6H2,1-2H3,(H,12,13)(H,14,15)/t7?,8?,9-/m0/s1. The number of hydrogen-bond donors (Lipinski definition) is 2. The molecule has 4 heteroatoms. The SMILES string of the molecule is CC[C@H](NC(=O)C1CCCC1C)C(=O)O. The molecule has 3 atom stereocenters. The summed E-state index contributed by atoms with van der Waals surface area (Å²) < 4.78 is 0. The molecule has 1 fully saturated rings. The Morgan fingerprint density at radius 2 is 2.13 bits per heavy atom. The Kier molecular flexibility index (Phi) is 4.12. The van der Waals surface area contributed by atoms with Crippen LogP contribution in [0.25, 0.3) is 0 Å². The van der Waals surface area contributed by atoms with Crippen LogP contribution in [-0.4, -0.2) is 23.0 Å². The van der Waals surface area contributed by atoms with E-state index >= 15 is 0 Å². The summed E-state index contributed by atoms with van der Waals surface area (Å²) in [4.78, 5) is 22.5. The molecule has 2 unspecified atom stereocenters. The molecule has 4 nitrogen and oxygen atoms in total. The second-order valence-corrected chi connectivity index (χ2v) is 4.32. The molecule has 1 saturated carbocycles. The molecular formula is C11H19NO3. The Labute approximate surface area is 90.0 Å². The number of carbonyl (C=O) groups excluding carboxylic acids is 1. The van der Waals surface area contributed by atoms with Gasteiger partial charge in [0.05, 0.1) is 0 Å². The van der Waals surface area contributed by atoms with Gasteiger partial charge in [0.2, 0.25) is 5.91 Å². The monoisotopic (exact) mass is 213 g/mol. The zero-order valence-electron chi connectivity index (χ0n) is 9.32. The maximum absolute atomic E-state index is 11.8. The molecular weight excluding hydrogens is 194 g/mol. The van der Waals surface area contributed by atoms with Crippen molar-refractivity contribution in [2.45, 2.75) is 45.6 Å². The minimum Gasteiger partial charge on any atom is -0.480 e. The van der Waals surface area contributed by atoms with E-state index in [0.29, 0.717) is 12.3 Å². The molecule has 0 heterocycles. The normalized spacial score (nSPS) is 27.3. The van der Waals surface area contributed by atoms with E-state index in [1.807, 2.05) is 0 Å². The molecule has 0 aromatic heterocycles. The van der Waals surface area contributed by atoms with Crippen LogP contribution in [0.4, 0.5) is 0 Å². The molecule has 0 aromatic carbocycles. The van der Waals surface area contributed by atoms with Gasteiger partial charge in [-0.25, -0.2) is 4.79 Å². The van der Waals surface area contributed by atoms with E-state index in [1.165, 1.54) is 0 Å². The number of carboxylic acid groups (broad SMARTS) is 1. The molecule has 0 spiro atoms. The molecule has 0 aromatic rings. The van der Waals surface area contributed by atoms with Gasteiger partial charge in [-0.05, 0) is 25.2 Å². The zero-order valence-corrected chi connectivity index (χ0v) is 9.32. The third-order valence-corrected chi connectivity index (χ3v) is 3.22. The first-order chi connectivity index (χ1) is 7.06. The van der Waals surface area contributed by atoms with Crippen molar-refractivity contribution in [1.29, 1.82) is 0 Å². The van der Waals surface area contributed by atoms with Gasteiger partial charge in [-0.2, -0.15) is 0 Å². The average molecular weight is 213 g/mol. The number of carbonyl (C=O) groups is 2. The highest BCUT2D eigenvalue weighted by atomic mass is 16.4. The van der Waals surface area contributed by atoms with Crippen LogP contribution in [0.5, 0.6) is 0 Å². The van der Waals surface area contributed by atoms with Gasteiger partial charge >= 0.3 is 5.97 Å². The molecule has 1 rings (SSSR count). The van der Waals surface area contributed by atoms with Crippen LogP contribution in [0.15, 0.2) is 0 Å². The fraction of sp³-hybridized carbons (Fsp3) is 0.818. The molecule has 2 N–H and O–H groups in total. The summed E-state index contributed by atoms with van der Waals surface area (Å²) in [6.07, 6.45) is 3.47. The van der Waals surface area contributed by atoms with Crippen LogP contribution < -0.4 is 5.32 Å². The summed E-state index contributed by atoms with van der Waals surface area (Å²) in [5, 5.41) is 11.4. The first-order valence-corrected chi connectivity index (χ1v) is 5.59. The van der Waals surface area contributed by atoms with Gasteiger partial charge in [0.25, 0.3) is 0 Å². The number of rotatable bonds is 4. The largest absolute Gasteiger partial charge is 0.480 e. The number of nitrogens with one attached hydrogen (secondary N) is 1. The summed E-state index contributed by atoms with van der Waals surface area (Å²) in [5.41, 5.74) is 0. The van der Waals surface area contributed by atoms with Gasteiger partial charge in [0.1, 0.15) is 6.04 Å². The van der Waals surface area contributed by atoms with Crippen molar-refractivity contribution in [3.8, 4) is 0 Å². The summed E-state index contributed by atoms with van der Waals surface area (Å²) in [6, 6.07) is -0.731. The average Bonchev–Trinajstić information content (AvgIpc) is 2.60. The van der Waals surface area contributed by atoms with Crippen LogP contribution >= 0.6 is 0 Å². The minimum absolute atomic E-state index is 0.0124. The number of carboxylic acids is 1. The third-order valence-electron chi connectivity index (χ3n) is 3.22. The second kappa shape index (κ2) is 5.14. The lowest BCUT2D eigenvalue weighted by molar-refractivity contribution is -0.142. The van der Waals surface area contributed by atoms with Crippen LogP contribution in [0.2, 0.25) is 0 Å². The predicted molar refractivity (Wildman–Crippen MR) is 56.4 cm³/mol. The van der Waals surface area contributed by atoms with Crippen molar-refractivity contribution >= 4 is 11.9 Å². The highest BCUT2D eigenvalue weighted by Crippen LogP contribution is 2.31. The van der Waals surface area contributed by atoms with E-state index < -0.39 is 12.0 Å². The van der Waals surface area contributed by atoms with Crippen molar-refractivity contribution in [2.75, 3.05) is 0 Å². The van der Waals surface area contributed by atoms with Crippen LogP contribution in [0.1, 0.15) is 39.5 Å². The molecule has 0 radical (unpaired) electrons. The van der Waals surface area contributed by atoms with Gasteiger partial charge in [-0.15, -0.1) is 0 Å². The Morgan fingerprint density at radius 1 is 1.47 bits per heavy atom. The minimum atomic E-state index is -0.948. The fourth-order valence-electron chi connectivity index (χ4n) is 2.15. The number of amides is 1. The molecule has 1 amide bonds. The molecule has 1 aliphatic carbocycles. The first kappa shape index (κ1) is 12.0. The molecule has 0 saturated heterocycles. The molecule has 0 bridgehead atoms. The highest BCUT2D eigenvalue weighted by Gasteiger charge is 2.31. The van der Waals surface area contributed by atoms with Gasteiger partial charge in [0, 0.05) is 5.92 Å². The lowest BCUT2D eigenvalue weighted by Gasteiger charge is -2.18. The summed E-state index contributed by atoms with van der Waals surface area (Å²) in [6.45, 7) is 3.82. The van der Waals surface area contributed by atoms with Gasteiger partial charge in [0.15, 0.2) is 0 Å². The van der Waals surface area contributed by atoms with Crippen molar-refractivity contribution in [3.63, 3.8) is 0 Å². The lowest BCUT2D eigenvalue weighted by Crippen LogP contribution is -2.43. The molecule has 86 valence electrons. The van der Waals surface area contributed by atoms with E-state index in [1.54, 1.807) is 6.92 Å². The van der Waals surface area contributed by atoms with E-state index in [0.717, 1.165) is 19.3 Å². The smallest absolute Gasteiger partial charge is 0.326 e. The van der Waals surface area contributed by atoms with Crippen molar-refractivity contribution in [1.82, 2.24) is 5.32 Å². The van der Waals surface area contributed by atoms with E-state index in [-0.39, 0.29) is 11.8 Å². The van der Waals surface area contributed by atoms with E-state index in [4.69, 9.17) is 5.11 Å². The molecule has 0 aliphatic heterocycles. The quantitative estimate of drug-likeness (QED) is 0.741.